The largest absolute Gasteiger partial charge is 0.492 e. The molecule has 23 heavy (non-hydrogen) atoms. The number of halogens is 2. The van der Waals surface area contributed by atoms with E-state index in [0.29, 0.717) is 16.7 Å². The van der Waals surface area contributed by atoms with Gasteiger partial charge in [-0.05, 0) is 43.4 Å². The van der Waals surface area contributed by atoms with Crippen LogP contribution in [0.25, 0.3) is 0 Å². The van der Waals surface area contributed by atoms with E-state index in [0.717, 1.165) is 36.8 Å². The van der Waals surface area contributed by atoms with Crippen molar-refractivity contribution < 1.29 is 4.74 Å². The molecule has 2 aromatic rings. The second-order valence-corrected chi connectivity index (χ2v) is 6.00. The van der Waals surface area contributed by atoms with Gasteiger partial charge in [0.2, 0.25) is 0 Å². The molecule has 0 aliphatic heterocycles. The van der Waals surface area contributed by atoms with Crippen LogP contribution in [0.15, 0.2) is 42.5 Å². The van der Waals surface area contributed by atoms with E-state index in [2.05, 4.69) is 24.1 Å². The first-order valence-electron chi connectivity index (χ1n) is 7.79. The molecule has 0 spiro atoms. The Morgan fingerprint density at radius 2 is 1.83 bits per heavy atom. The summed E-state index contributed by atoms with van der Waals surface area (Å²) >= 11 is 12.1. The van der Waals surface area contributed by atoms with Crippen LogP contribution in [-0.2, 0) is 0 Å². The second kappa shape index (κ2) is 9.02. The lowest BCUT2D eigenvalue weighted by atomic mass is 10.2. The zero-order valence-electron chi connectivity index (χ0n) is 13.5. The Hall–Kier alpha value is -1.42. The Kier molecular flexibility index (Phi) is 7.03. The number of nitrogens with zero attached hydrogens (tertiary/aromatic N) is 1. The molecule has 0 aliphatic rings. The topological polar surface area (TPSA) is 24.5 Å². The Bertz CT molecular complexity index is 630. The zero-order valence-corrected chi connectivity index (χ0v) is 15.0. The van der Waals surface area contributed by atoms with E-state index in [1.165, 1.54) is 0 Å². The van der Waals surface area contributed by atoms with Crippen molar-refractivity contribution in [3.05, 3.63) is 52.5 Å². The third-order valence-corrected chi connectivity index (χ3v) is 4.16. The molecule has 0 saturated carbocycles. The highest BCUT2D eigenvalue weighted by molar-refractivity contribution is 6.36. The van der Waals surface area contributed by atoms with Crippen LogP contribution in [-0.4, -0.2) is 31.1 Å². The van der Waals surface area contributed by atoms with Gasteiger partial charge in [-0.2, -0.15) is 0 Å². The fourth-order valence-electron chi connectivity index (χ4n) is 2.24. The van der Waals surface area contributed by atoms with Gasteiger partial charge in [-0.25, -0.2) is 0 Å². The van der Waals surface area contributed by atoms with E-state index in [9.17, 15) is 0 Å². The van der Waals surface area contributed by atoms with Crippen molar-refractivity contribution in [2.75, 3.05) is 31.6 Å². The maximum absolute atomic E-state index is 6.19. The van der Waals surface area contributed by atoms with Crippen LogP contribution in [0, 0.1) is 0 Å². The van der Waals surface area contributed by atoms with E-state index in [1.807, 2.05) is 30.3 Å². The molecule has 2 aromatic carbocycles. The summed E-state index contributed by atoms with van der Waals surface area (Å²) < 4.78 is 5.83. The first-order valence-corrected chi connectivity index (χ1v) is 8.55. The smallest absolute Gasteiger partial charge is 0.121 e. The van der Waals surface area contributed by atoms with Gasteiger partial charge in [0.25, 0.3) is 0 Å². The maximum Gasteiger partial charge on any atom is 0.121 e. The molecule has 2 rings (SSSR count). The molecule has 0 heterocycles. The van der Waals surface area contributed by atoms with Gasteiger partial charge >= 0.3 is 0 Å². The number of nitrogens with one attached hydrogen (secondary N) is 1. The SMILES string of the molecule is CCN(CC)CCOc1cccc(Nc2ccc(Cl)cc2Cl)c1. The van der Waals surface area contributed by atoms with E-state index < -0.39 is 0 Å². The Morgan fingerprint density at radius 3 is 2.52 bits per heavy atom. The van der Waals surface area contributed by atoms with Gasteiger partial charge in [-0.3, -0.25) is 0 Å². The maximum atomic E-state index is 6.19. The summed E-state index contributed by atoms with van der Waals surface area (Å²) in [6, 6.07) is 13.2. The Morgan fingerprint density at radius 1 is 1.04 bits per heavy atom. The van der Waals surface area contributed by atoms with E-state index >= 15 is 0 Å². The molecular weight excluding hydrogens is 331 g/mol. The second-order valence-electron chi connectivity index (χ2n) is 5.15. The zero-order chi connectivity index (χ0) is 16.7. The van der Waals surface area contributed by atoms with Crippen molar-refractivity contribution in [2.24, 2.45) is 0 Å². The van der Waals surface area contributed by atoms with Gasteiger partial charge < -0.3 is 15.0 Å². The van der Waals surface area contributed by atoms with E-state index in [4.69, 9.17) is 27.9 Å². The molecule has 0 saturated heterocycles. The molecule has 3 nitrogen and oxygen atoms in total. The summed E-state index contributed by atoms with van der Waals surface area (Å²) in [5.74, 6) is 0.840. The third kappa shape index (κ3) is 5.61. The minimum absolute atomic E-state index is 0.588. The van der Waals surface area contributed by atoms with Crippen molar-refractivity contribution >= 4 is 34.6 Å². The van der Waals surface area contributed by atoms with Crippen molar-refractivity contribution in [3.8, 4) is 5.75 Å². The molecule has 0 radical (unpaired) electrons. The number of likely N-dealkylation sites (N-methyl/N-ethyl adjacent to an activating group) is 1. The van der Waals surface area contributed by atoms with Crippen LogP contribution >= 0.6 is 23.2 Å². The number of hydrogen-bond donors (Lipinski definition) is 1. The first-order chi connectivity index (χ1) is 11.1. The summed E-state index contributed by atoms with van der Waals surface area (Å²) in [6.45, 7) is 7.99. The molecule has 0 bridgehead atoms. The summed E-state index contributed by atoms with van der Waals surface area (Å²) in [7, 11) is 0. The summed E-state index contributed by atoms with van der Waals surface area (Å²) in [4.78, 5) is 2.33. The Balaban J connectivity index is 1.96. The summed E-state index contributed by atoms with van der Waals surface area (Å²) in [5.41, 5.74) is 1.74. The van der Waals surface area contributed by atoms with Crippen LogP contribution in [0.2, 0.25) is 10.0 Å². The van der Waals surface area contributed by atoms with E-state index in [-0.39, 0.29) is 0 Å². The predicted molar refractivity (Wildman–Crippen MR) is 99.5 cm³/mol. The first kappa shape index (κ1) is 17.9. The minimum Gasteiger partial charge on any atom is -0.492 e. The summed E-state index contributed by atoms with van der Waals surface area (Å²) in [6.07, 6.45) is 0. The highest BCUT2D eigenvalue weighted by Gasteiger charge is 2.04. The third-order valence-electron chi connectivity index (χ3n) is 3.61. The van der Waals surface area contributed by atoms with Gasteiger partial charge in [0.15, 0.2) is 0 Å². The van der Waals surface area contributed by atoms with Gasteiger partial charge in [0, 0.05) is 23.3 Å². The highest BCUT2D eigenvalue weighted by Crippen LogP contribution is 2.29. The summed E-state index contributed by atoms with van der Waals surface area (Å²) in [5, 5.41) is 4.49. The van der Waals surface area contributed by atoms with Crippen molar-refractivity contribution in [1.82, 2.24) is 4.90 Å². The molecule has 5 heteroatoms. The number of ether oxygens (including phenoxy) is 1. The van der Waals surface area contributed by atoms with Crippen molar-refractivity contribution in [2.45, 2.75) is 13.8 Å². The van der Waals surface area contributed by atoms with Crippen LogP contribution in [0.5, 0.6) is 5.75 Å². The highest BCUT2D eigenvalue weighted by atomic mass is 35.5. The molecule has 0 aromatic heterocycles. The van der Waals surface area contributed by atoms with Gasteiger partial charge in [-0.15, -0.1) is 0 Å². The molecular formula is C18H22Cl2N2O. The number of rotatable bonds is 8. The number of benzene rings is 2. The molecule has 0 unspecified atom stereocenters. The average Bonchev–Trinajstić information content (AvgIpc) is 2.55. The van der Waals surface area contributed by atoms with Crippen molar-refractivity contribution in [1.29, 1.82) is 0 Å². The van der Waals surface area contributed by atoms with Crippen LogP contribution < -0.4 is 10.1 Å². The lowest BCUT2D eigenvalue weighted by Gasteiger charge is -2.18. The predicted octanol–water partition coefficient (Wildman–Crippen LogP) is 5.46. The van der Waals surface area contributed by atoms with Crippen LogP contribution in [0.3, 0.4) is 0 Å². The molecule has 0 fully saturated rings. The van der Waals surface area contributed by atoms with Crippen molar-refractivity contribution in [3.63, 3.8) is 0 Å². The lowest BCUT2D eigenvalue weighted by Crippen LogP contribution is -2.27. The van der Waals surface area contributed by atoms with E-state index in [1.54, 1.807) is 12.1 Å². The fraction of sp³-hybridized carbons (Fsp3) is 0.333. The fourth-order valence-corrected chi connectivity index (χ4v) is 2.70. The number of hydrogen-bond acceptors (Lipinski definition) is 3. The van der Waals surface area contributed by atoms with Gasteiger partial charge in [0.1, 0.15) is 12.4 Å². The molecule has 1 N–H and O–H groups in total. The Labute approximate surface area is 148 Å². The van der Waals surface area contributed by atoms with Crippen LogP contribution in [0.4, 0.5) is 11.4 Å². The minimum atomic E-state index is 0.588. The monoisotopic (exact) mass is 352 g/mol. The molecule has 0 aliphatic carbocycles. The molecule has 124 valence electrons. The number of anilines is 2. The van der Waals surface area contributed by atoms with Gasteiger partial charge in [-0.1, -0.05) is 43.1 Å². The molecule has 0 atom stereocenters. The standard InChI is InChI=1S/C18H22Cl2N2O/c1-3-22(4-2)10-11-23-16-7-5-6-15(13-16)21-18-9-8-14(19)12-17(18)20/h5-9,12-13,21H,3-4,10-11H2,1-2H3. The molecule has 0 amide bonds. The van der Waals surface area contributed by atoms with Crippen LogP contribution in [0.1, 0.15) is 13.8 Å². The van der Waals surface area contributed by atoms with Gasteiger partial charge in [0.05, 0.1) is 10.7 Å². The average molecular weight is 353 g/mol. The quantitative estimate of drug-likeness (QED) is 0.682. The normalized spacial score (nSPS) is 10.8. The lowest BCUT2D eigenvalue weighted by molar-refractivity contribution is 0.223.